The number of rotatable bonds is 2. The molecule has 5 heteroatoms. The van der Waals surface area contributed by atoms with Gasteiger partial charge in [-0.25, -0.2) is 0 Å². The molecule has 1 heterocycles. The molecule has 0 unspecified atom stereocenters. The average molecular weight is 219 g/mol. The van der Waals surface area contributed by atoms with Crippen molar-refractivity contribution in [3.05, 3.63) is 51.7 Å². The van der Waals surface area contributed by atoms with Crippen molar-refractivity contribution in [1.82, 2.24) is 9.97 Å². The van der Waals surface area contributed by atoms with E-state index in [-0.39, 0.29) is 5.56 Å². The summed E-state index contributed by atoms with van der Waals surface area (Å²) in [5.41, 5.74) is 1.06. The van der Waals surface area contributed by atoms with Crippen LogP contribution < -0.4 is 10.9 Å². The van der Waals surface area contributed by atoms with E-state index in [2.05, 4.69) is 15.3 Å². The molecule has 0 saturated heterocycles. The molecule has 0 amide bonds. The molecule has 0 aliphatic carbocycles. The Kier molecular flexibility index (Phi) is 2.64. The van der Waals surface area contributed by atoms with E-state index in [1.165, 1.54) is 0 Å². The van der Waals surface area contributed by atoms with Crippen LogP contribution >= 0.6 is 12.2 Å². The van der Waals surface area contributed by atoms with Gasteiger partial charge in [0.2, 0.25) is 0 Å². The number of benzene rings is 1. The standard InChI is InChI=1S/C10H9N3OS/c14-9-8(6-11-10(15)13-9)12-7-4-2-1-3-5-7/h1-6,12H,(H2,11,13,14,15). The smallest absolute Gasteiger partial charge is 0.275 e. The molecular weight excluding hydrogens is 210 g/mol. The minimum atomic E-state index is -0.234. The van der Waals surface area contributed by atoms with Crippen LogP contribution in [0.4, 0.5) is 11.4 Å². The molecule has 76 valence electrons. The van der Waals surface area contributed by atoms with Gasteiger partial charge in [-0.2, -0.15) is 0 Å². The molecular formula is C10H9N3OS. The Balaban J connectivity index is 2.33. The zero-order valence-electron chi connectivity index (χ0n) is 7.78. The minimum absolute atomic E-state index is 0.234. The molecule has 0 saturated carbocycles. The predicted molar refractivity (Wildman–Crippen MR) is 62.0 cm³/mol. The van der Waals surface area contributed by atoms with Gasteiger partial charge in [-0.1, -0.05) is 18.2 Å². The number of H-pyrrole nitrogens is 2. The van der Waals surface area contributed by atoms with Crippen LogP contribution in [0.15, 0.2) is 41.3 Å². The molecule has 2 aromatic rings. The van der Waals surface area contributed by atoms with E-state index in [1.54, 1.807) is 6.20 Å². The molecule has 0 atom stereocenters. The molecule has 0 spiro atoms. The molecule has 0 bridgehead atoms. The number of para-hydroxylation sites is 1. The first-order valence-electron chi connectivity index (χ1n) is 4.40. The maximum Gasteiger partial charge on any atom is 0.275 e. The largest absolute Gasteiger partial charge is 0.350 e. The van der Waals surface area contributed by atoms with Crippen molar-refractivity contribution in [3.8, 4) is 0 Å². The Labute approximate surface area is 91.0 Å². The fraction of sp³-hybridized carbons (Fsp3) is 0. The Bertz CT molecular complexity index is 559. The van der Waals surface area contributed by atoms with Crippen molar-refractivity contribution in [3.63, 3.8) is 0 Å². The van der Waals surface area contributed by atoms with Crippen LogP contribution in [0.1, 0.15) is 0 Å². The van der Waals surface area contributed by atoms with Crippen molar-refractivity contribution in [2.45, 2.75) is 0 Å². The third kappa shape index (κ3) is 2.32. The van der Waals surface area contributed by atoms with Gasteiger partial charge >= 0.3 is 0 Å². The van der Waals surface area contributed by atoms with Gasteiger partial charge in [0.25, 0.3) is 5.56 Å². The topological polar surface area (TPSA) is 60.7 Å². The molecule has 1 aromatic heterocycles. The minimum Gasteiger partial charge on any atom is -0.350 e. The van der Waals surface area contributed by atoms with Gasteiger partial charge in [0.15, 0.2) is 4.77 Å². The lowest BCUT2D eigenvalue weighted by Gasteiger charge is -2.03. The number of aromatic amines is 2. The van der Waals surface area contributed by atoms with Crippen molar-refractivity contribution >= 4 is 23.6 Å². The highest BCUT2D eigenvalue weighted by Crippen LogP contribution is 2.10. The second-order valence-corrected chi connectivity index (χ2v) is 3.38. The van der Waals surface area contributed by atoms with E-state index in [0.29, 0.717) is 10.5 Å². The third-order valence-electron chi connectivity index (χ3n) is 1.87. The number of anilines is 2. The first-order valence-corrected chi connectivity index (χ1v) is 4.80. The zero-order chi connectivity index (χ0) is 10.7. The van der Waals surface area contributed by atoms with Crippen LogP contribution in [-0.4, -0.2) is 9.97 Å². The van der Waals surface area contributed by atoms with Gasteiger partial charge in [0, 0.05) is 11.9 Å². The normalized spacial score (nSPS) is 9.87. The predicted octanol–water partition coefficient (Wildman–Crippen LogP) is 2.18. The van der Waals surface area contributed by atoms with E-state index in [9.17, 15) is 4.79 Å². The molecule has 15 heavy (non-hydrogen) atoms. The monoisotopic (exact) mass is 219 g/mol. The summed E-state index contributed by atoms with van der Waals surface area (Å²) in [7, 11) is 0. The van der Waals surface area contributed by atoms with E-state index >= 15 is 0 Å². The maximum atomic E-state index is 11.4. The van der Waals surface area contributed by atoms with E-state index in [0.717, 1.165) is 5.69 Å². The molecule has 0 fully saturated rings. The van der Waals surface area contributed by atoms with E-state index < -0.39 is 0 Å². The number of aromatic nitrogens is 2. The van der Waals surface area contributed by atoms with Gasteiger partial charge in [-0.3, -0.25) is 9.78 Å². The fourth-order valence-corrected chi connectivity index (χ4v) is 1.33. The Morgan fingerprint density at radius 3 is 2.60 bits per heavy atom. The second-order valence-electron chi connectivity index (χ2n) is 2.98. The van der Waals surface area contributed by atoms with Crippen LogP contribution in [0.2, 0.25) is 0 Å². The van der Waals surface area contributed by atoms with Crippen molar-refractivity contribution in [2.24, 2.45) is 0 Å². The maximum absolute atomic E-state index is 11.4. The van der Waals surface area contributed by atoms with Gasteiger partial charge in [-0.05, 0) is 24.4 Å². The summed E-state index contributed by atoms with van der Waals surface area (Å²) in [6, 6.07) is 9.44. The highest BCUT2D eigenvalue weighted by atomic mass is 32.1. The van der Waals surface area contributed by atoms with Crippen LogP contribution in [0.5, 0.6) is 0 Å². The summed E-state index contributed by atoms with van der Waals surface area (Å²) in [6.07, 6.45) is 1.55. The van der Waals surface area contributed by atoms with Crippen molar-refractivity contribution in [1.29, 1.82) is 0 Å². The zero-order valence-corrected chi connectivity index (χ0v) is 8.60. The average Bonchev–Trinajstić information content (AvgIpc) is 2.24. The number of hydrogen-bond acceptors (Lipinski definition) is 3. The SMILES string of the molecule is O=c1[nH]c(=S)[nH]cc1Nc1ccccc1. The second kappa shape index (κ2) is 4.10. The summed E-state index contributed by atoms with van der Waals surface area (Å²) < 4.78 is 0.318. The third-order valence-corrected chi connectivity index (χ3v) is 2.09. The van der Waals surface area contributed by atoms with Gasteiger partial charge in [0.05, 0.1) is 0 Å². The summed E-state index contributed by atoms with van der Waals surface area (Å²) in [5.74, 6) is 0. The Hall–Kier alpha value is -1.88. The highest BCUT2D eigenvalue weighted by molar-refractivity contribution is 7.71. The van der Waals surface area contributed by atoms with Gasteiger partial charge < -0.3 is 10.3 Å². The number of hydrogen-bond donors (Lipinski definition) is 3. The van der Waals surface area contributed by atoms with Crippen LogP contribution in [0.3, 0.4) is 0 Å². The van der Waals surface area contributed by atoms with Crippen LogP contribution in [0, 0.1) is 4.77 Å². The first-order chi connectivity index (χ1) is 7.25. The fourth-order valence-electron chi connectivity index (χ4n) is 1.18. The van der Waals surface area contributed by atoms with Crippen LogP contribution in [0.25, 0.3) is 0 Å². The molecule has 3 N–H and O–H groups in total. The van der Waals surface area contributed by atoms with Gasteiger partial charge in [0.1, 0.15) is 5.69 Å². The molecule has 2 rings (SSSR count). The lowest BCUT2D eigenvalue weighted by Crippen LogP contribution is -2.12. The van der Waals surface area contributed by atoms with Crippen molar-refractivity contribution < 1.29 is 0 Å². The Morgan fingerprint density at radius 2 is 1.93 bits per heavy atom. The lowest BCUT2D eigenvalue weighted by molar-refractivity contribution is 1.09. The van der Waals surface area contributed by atoms with Gasteiger partial charge in [-0.15, -0.1) is 0 Å². The molecule has 4 nitrogen and oxygen atoms in total. The van der Waals surface area contributed by atoms with Crippen molar-refractivity contribution in [2.75, 3.05) is 5.32 Å². The molecule has 0 aliphatic heterocycles. The van der Waals surface area contributed by atoms with E-state index in [1.807, 2.05) is 30.3 Å². The summed E-state index contributed by atoms with van der Waals surface area (Å²) in [6.45, 7) is 0. The quantitative estimate of drug-likeness (QED) is 0.678. The summed E-state index contributed by atoms with van der Waals surface area (Å²) in [5, 5.41) is 2.98. The highest BCUT2D eigenvalue weighted by Gasteiger charge is 1.98. The van der Waals surface area contributed by atoms with E-state index in [4.69, 9.17) is 12.2 Å². The molecule has 1 aromatic carbocycles. The molecule has 0 aliphatic rings. The summed E-state index contributed by atoms with van der Waals surface area (Å²) >= 11 is 4.78. The number of nitrogens with one attached hydrogen (secondary N) is 3. The summed E-state index contributed by atoms with van der Waals surface area (Å²) in [4.78, 5) is 16.7. The lowest BCUT2D eigenvalue weighted by atomic mass is 10.3. The molecule has 0 radical (unpaired) electrons. The first kappa shape index (κ1) is 9.67. The Morgan fingerprint density at radius 1 is 1.20 bits per heavy atom. The van der Waals surface area contributed by atoms with Crippen LogP contribution in [-0.2, 0) is 0 Å².